The van der Waals surface area contributed by atoms with E-state index in [-0.39, 0.29) is 17.2 Å². The van der Waals surface area contributed by atoms with E-state index < -0.39 is 0 Å². The number of piperidine rings is 1. The van der Waals surface area contributed by atoms with Gasteiger partial charge in [0.15, 0.2) is 0 Å². The molecule has 0 aromatic carbocycles. The summed E-state index contributed by atoms with van der Waals surface area (Å²) in [6.07, 6.45) is 4.30. The Morgan fingerprint density at radius 3 is 2.72 bits per heavy atom. The Morgan fingerprint density at radius 2 is 2.22 bits per heavy atom. The first-order valence-electron chi connectivity index (χ1n) is 5.86. The molecule has 0 bridgehead atoms. The van der Waals surface area contributed by atoms with Crippen molar-refractivity contribution in [3.05, 3.63) is 24.2 Å². The van der Waals surface area contributed by atoms with Gasteiger partial charge in [-0.1, -0.05) is 12.1 Å². The van der Waals surface area contributed by atoms with E-state index in [1.54, 1.807) is 11.0 Å². The van der Waals surface area contributed by atoms with E-state index in [0.717, 1.165) is 0 Å². The molecule has 0 aliphatic carbocycles. The lowest BCUT2D eigenvalue weighted by Gasteiger charge is -2.38. The van der Waals surface area contributed by atoms with Crippen LogP contribution in [0, 0.1) is 5.41 Å². The predicted octanol–water partition coefficient (Wildman–Crippen LogP) is 1.27. The zero-order chi connectivity index (χ0) is 13.2. The number of likely N-dealkylation sites (tertiary alicyclic amines) is 1. The van der Waals surface area contributed by atoms with E-state index in [1.165, 1.54) is 12.5 Å². The number of nitrogens with zero attached hydrogens (tertiary/aromatic N) is 2. The third kappa shape index (κ3) is 2.18. The van der Waals surface area contributed by atoms with Gasteiger partial charge in [0, 0.05) is 18.5 Å². The van der Waals surface area contributed by atoms with E-state index in [2.05, 4.69) is 5.16 Å². The van der Waals surface area contributed by atoms with Crippen molar-refractivity contribution < 1.29 is 14.4 Å². The van der Waals surface area contributed by atoms with Crippen LogP contribution in [0.15, 0.2) is 28.2 Å². The maximum atomic E-state index is 12.1. The molecule has 6 nitrogen and oxygen atoms in total. The van der Waals surface area contributed by atoms with E-state index in [1.807, 2.05) is 6.92 Å². The van der Waals surface area contributed by atoms with Gasteiger partial charge in [0.1, 0.15) is 12.1 Å². The van der Waals surface area contributed by atoms with Crippen LogP contribution in [0.2, 0.25) is 0 Å². The maximum Gasteiger partial charge on any atom is 0.257 e. The van der Waals surface area contributed by atoms with Gasteiger partial charge < -0.3 is 20.3 Å². The van der Waals surface area contributed by atoms with Crippen molar-refractivity contribution in [1.29, 1.82) is 0 Å². The number of nitrogens with two attached hydrogens (primary N) is 1. The van der Waals surface area contributed by atoms with E-state index in [4.69, 9.17) is 15.4 Å². The Bertz CT molecular complexity index is 445. The summed E-state index contributed by atoms with van der Waals surface area (Å²) >= 11 is 0. The van der Waals surface area contributed by atoms with Crippen molar-refractivity contribution in [2.45, 2.75) is 19.8 Å². The Balaban J connectivity index is 2.01. The first-order chi connectivity index (χ1) is 8.57. The molecule has 1 fully saturated rings. The average Bonchev–Trinajstić information content (AvgIpc) is 2.91. The zero-order valence-electron chi connectivity index (χ0n) is 10.3. The maximum absolute atomic E-state index is 12.1. The summed E-state index contributed by atoms with van der Waals surface area (Å²) in [5.74, 6) is 0.197. The van der Waals surface area contributed by atoms with Gasteiger partial charge in [0.25, 0.3) is 5.91 Å². The van der Waals surface area contributed by atoms with Crippen molar-refractivity contribution >= 4 is 11.7 Å². The lowest BCUT2D eigenvalue weighted by atomic mass is 9.79. The molecule has 1 aromatic rings. The molecule has 2 heterocycles. The zero-order valence-corrected chi connectivity index (χ0v) is 10.3. The van der Waals surface area contributed by atoms with Gasteiger partial charge in [-0.3, -0.25) is 4.79 Å². The summed E-state index contributed by atoms with van der Waals surface area (Å²) in [7, 11) is 0. The van der Waals surface area contributed by atoms with Crippen molar-refractivity contribution in [2.24, 2.45) is 16.3 Å². The minimum atomic E-state index is -0.331. The largest absolute Gasteiger partial charge is 0.472 e. The molecule has 2 rings (SSSR count). The number of hydrogen-bond donors (Lipinski definition) is 2. The number of furan rings is 1. The number of amidine groups is 1. The molecule has 1 saturated heterocycles. The minimum Gasteiger partial charge on any atom is -0.472 e. The smallest absolute Gasteiger partial charge is 0.257 e. The molecular weight excluding hydrogens is 234 g/mol. The monoisotopic (exact) mass is 251 g/mol. The van der Waals surface area contributed by atoms with Gasteiger partial charge in [0.2, 0.25) is 0 Å². The lowest BCUT2D eigenvalue weighted by molar-refractivity contribution is 0.0666. The van der Waals surface area contributed by atoms with Gasteiger partial charge in [-0.05, 0) is 18.9 Å². The van der Waals surface area contributed by atoms with E-state index in [0.29, 0.717) is 31.5 Å². The van der Waals surface area contributed by atoms with Gasteiger partial charge >= 0.3 is 0 Å². The quantitative estimate of drug-likeness (QED) is 0.358. The molecule has 1 amide bonds. The SMILES string of the molecule is CC1(/C(N)=N/O)CCN(C(=O)c2ccoc2)CC1. The summed E-state index contributed by atoms with van der Waals surface area (Å²) < 4.78 is 4.90. The Kier molecular flexibility index (Phi) is 3.27. The summed E-state index contributed by atoms with van der Waals surface area (Å²) in [6.45, 7) is 3.13. The number of carbonyl (C=O) groups is 1. The highest BCUT2D eigenvalue weighted by Crippen LogP contribution is 2.31. The van der Waals surface area contributed by atoms with Crippen LogP contribution in [-0.4, -0.2) is 34.9 Å². The van der Waals surface area contributed by atoms with Crippen LogP contribution in [-0.2, 0) is 0 Å². The fraction of sp³-hybridized carbons (Fsp3) is 0.500. The van der Waals surface area contributed by atoms with Crippen LogP contribution in [0.3, 0.4) is 0 Å². The minimum absolute atomic E-state index is 0.0368. The molecule has 0 atom stereocenters. The second kappa shape index (κ2) is 4.72. The fourth-order valence-electron chi connectivity index (χ4n) is 2.15. The molecule has 98 valence electrons. The standard InChI is InChI=1S/C12H17N3O3/c1-12(11(13)14-17)3-5-15(6-4-12)10(16)9-2-7-18-8-9/h2,7-8,17H,3-6H2,1H3,(H2,13,14). The molecule has 1 aromatic heterocycles. The van der Waals surface area contributed by atoms with Crippen molar-refractivity contribution in [1.82, 2.24) is 4.90 Å². The van der Waals surface area contributed by atoms with Crippen molar-refractivity contribution in [2.75, 3.05) is 13.1 Å². The fourth-order valence-corrected chi connectivity index (χ4v) is 2.15. The number of carbonyl (C=O) groups excluding carboxylic acids is 1. The van der Waals surface area contributed by atoms with E-state index in [9.17, 15) is 4.79 Å². The van der Waals surface area contributed by atoms with Crippen LogP contribution in [0.4, 0.5) is 0 Å². The van der Waals surface area contributed by atoms with Crippen molar-refractivity contribution in [3.8, 4) is 0 Å². The number of oxime groups is 1. The highest BCUT2D eigenvalue weighted by molar-refractivity contribution is 5.94. The lowest BCUT2D eigenvalue weighted by Crippen LogP contribution is -2.47. The molecule has 1 aliphatic rings. The molecule has 6 heteroatoms. The molecular formula is C12H17N3O3. The number of rotatable bonds is 2. The third-order valence-electron chi connectivity index (χ3n) is 3.65. The summed E-state index contributed by atoms with van der Waals surface area (Å²) in [6, 6.07) is 1.65. The van der Waals surface area contributed by atoms with Crippen LogP contribution >= 0.6 is 0 Å². The topological polar surface area (TPSA) is 92.1 Å². The van der Waals surface area contributed by atoms with E-state index >= 15 is 0 Å². The normalized spacial score (nSPS) is 19.8. The molecule has 0 radical (unpaired) electrons. The third-order valence-corrected chi connectivity index (χ3v) is 3.65. The first kappa shape index (κ1) is 12.5. The number of amides is 1. The molecule has 3 N–H and O–H groups in total. The summed E-state index contributed by atoms with van der Waals surface area (Å²) in [5, 5.41) is 11.8. The molecule has 0 spiro atoms. The Morgan fingerprint density at radius 1 is 1.56 bits per heavy atom. The van der Waals surface area contributed by atoms with Gasteiger partial charge in [-0.25, -0.2) is 0 Å². The predicted molar refractivity (Wildman–Crippen MR) is 65.4 cm³/mol. The summed E-state index contributed by atoms with van der Waals surface area (Å²) in [5.41, 5.74) is 5.91. The van der Waals surface area contributed by atoms with Gasteiger partial charge in [-0.2, -0.15) is 0 Å². The van der Waals surface area contributed by atoms with Gasteiger partial charge in [-0.15, -0.1) is 0 Å². The molecule has 18 heavy (non-hydrogen) atoms. The molecule has 0 unspecified atom stereocenters. The van der Waals surface area contributed by atoms with Crippen LogP contribution in [0.1, 0.15) is 30.1 Å². The van der Waals surface area contributed by atoms with Crippen LogP contribution in [0.25, 0.3) is 0 Å². The first-order valence-corrected chi connectivity index (χ1v) is 5.86. The highest BCUT2D eigenvalue weighted by Gasteiger charge is 2.35. The van der Waals surface area contributed by atoms with Crippen molar-refractivity contribution in [3.63, 3.8) is 0 Å². The van der Waals surface area contributed by atoms with Crippen LogP contribution in [0.5, 0.6) is 0 Å². The highest BCUT2D eigenvalue weighted by atomic mass is 16.4. The molecule has 0 saturated carbocycles. The Hall–Kier alpha value is -1.98. The summed E-state index contributed by atoms with van der Waals surface area (Å²) in [4.78, 5) is 13.8. The molecule has 1 aliphatic heterocycles. The second-order valence-electron chi connectivity index (χ2n) is 4.85. The Labute approximate surface area is 105 Å². The van der Waals surface area contributed by atoms with Gasteiger partial charge in [0.05, 0.1) is 11.8 Å². The number of hydrogen-bond acceptors (Lipinski definition) is 4. The average molecular weight is 251 g/mol. The second-order valence-corrected chi connectivity index (χ2v) is 4.85. The van der Waals surface area contributed by atoms with Crippen LogP contribution < -0.4 is 5.73 Å².